The Labute approximate surface area is 161 Å². The SMILES string of the molecule is CCc1ccccc1OCC(=O)Nc1cc(S(=O)(=O)N(C)C)cc(C)c1C. The molecule has 0 aliphatic rings. The minimum atomic E-state index is -3.59. The van der Waals surface area contributed by atoms with E-state index in [9.17, 15) is 13.2 Å². The Hall–Kier alpha value is -2.38. The average molecular weight is 391 g/mol. The van der Waals surface area contributed by atoms with Crippen LogP contribution in [0.3, 0.4) is 0 Å². The number of hydrogen-bond acceptors (Lipinski definition) is 4. The van der Waals surface area contributed by atoms with Crippen molar-refractivity contribution in [3.05, 3.63) is 53.1 Å². The van der Waals surface area contributed by atoms with Crippen LogP contribution in [0.15, 0.2) is 41.3 Å². The lowest BCUT2D eigenvalue weighted by Gasteiger charge is -2.17. The normalized spacial score (nSPS) is 11.5. The topological polar surface area (TPSA) is 75.7 Å². The van der Waals surface area contributed by atoms with Crippen LogP contribution in [-0.2, 0) is 21.2 Å². The average Bonchev–Trinajstić information content (AvgIpc) is 2.63. The summed E-state index contributed by atoms with van der Waals surface area (Å²) in [6, 6.07) is 10.6. The summed E-state index contributed by atoms with van der Waals surface area (Å²) in [7, 11) is -0.640. The molecule has 0 radical (unpaired) electrons. The fraction of sp³-hybridized carbons (Fsp3) is 0.350. The first-order valence-electron chi connectivity index (χ1n) is 8.71. The molecule has 0 saturated carbocycles. The standard InChI is InChI=1S/C20H26N2O4S/c1-6-16-9-7-8-10-19(16)26-13-20(23)21-18-12-17(11-14(2)15(18)3)27(24,25)22(4)5/h7-12H,6,13H2,1-5H3,(H,21,23). The lowest BCUT2D eigenvalue weighted by Crippen LogP contribution is -2.24. The van der Waals surface area contributed by atoms with Crippen LogP contribution in [0.4, 0.5) is 5.69 Å². The van der Waals surface area contributed by atoms with E-state index in [1.165, 1.54) is 20.2 Å². The number of carbonyl (C=O) groups is 1. The first-order chi connectivity index (χ1) is 12.7. The third-order valence-corrected chi connectivity index (χ3v) is 6.20. The number of sulfonamides is 1. The molecule has 0 spiro atoms. The highest BCUT2D eigenvalue weighted by molar-refractivity contribution is 7.89. The largest absolute Gasteiger partial charge is 0.483 e. The number of amides is 1. The zero-order chi connectivity index (χ0) is 20.2. The molecule has 0 saturated heterocycles. The van der Waals surface area contributed by atoms with E-state index in [2.05, 4.69) is 5.32 Å². The Morgan fingerprint density at radius 2 is 1.81 bits per heavy atom. The summed E-state index contributed by atoms with van der Waals surface area (Å²) in [5.41, 5.74) is 3.09. The van der Waals surface area contributed by atoms with Gasteiger partial charge in [0.25, 0.3) is 5.91 Å². The monoisotopic (exact) mass is 390 g/mol. The van der Waals surface area contributed by atoms with Gasteiger partial charge in [0.1, 0.15) is 5.75 Å². The second kappa shape index (κ2) is 8.54. The van der Waals surface area contributed by atoms with Gasteiger partial charge >= 0.3 is 0 Å². The molecule has 0 unspecified atom stereocenters. The van der Waals surface area contributed by atoms with E-state index in [0.29, 0.717) is 11.4 Å². The van der Waals surface area contributed by atoms with E-state index in [4.69, 9.17) is 4.74 Å². The number of ether oxygens (including phenoxy) is 1. The van der Waals surface area contributed by atoms with Crippen molar-refractivity contribution in [2.45, 2.75) is 32.1 Å². The molecule has 2 aromatic rings. The Balaban J connectivity index is 2.19. The first-order valence-corrected chi connectivity index (χ1v) is 10.1. The zero-order valence-electron chi connectivity index (χ0n) is 16.4. The number of nitrogens with zero attached hydrogens (tertiary/aromatic N) is 1. The summed E-state index contributed by atoms with van der Waals surface area (Å²) in [6.45, 7) is 5.52. The van der Waals surface area contributed by atoms with E-state index in [1.54, 1.807) is 6.07 Å². The molecule has 6 nitrogen and oxygen atoms in total. The summed E-state index contributed by atoms with van der Waals surface area (Å²) < 4.78 is 31.6. The maximum absolute atomic E-state index is 12.4. The van der Waals surface area contributed by atoms with Crippen LogP contribution in [0.2, 0.25) is 0 Å². The minimum absolute atomic E-state index is 0.142. The highest BCUT2D eigenvalue weighted by Gasteiger charge is 2.20. The van der Waals surface area contributed by atoms with Crippen LogP contribution in [0.1, 0.15) is 23.6 Å². The zero-order valence-corrected chi connectivity index (χ0v) is 17.2. The molecule has 2 aromatic carbocycles. The second-order valence-corrected chi connectivity index (χ2v) is 8.65. The number of carbonyl (C=O) groups excluding carboxylic acids is 1. The molecule has 0 aliphatic carbocycles. The van der Waals surface area contributed by atoms with Crippen LogP contribution in [0, 0.1) is 13.8 Å². The Bertz CT molecular complexity index is 937. The molecule has 146 valence electrons. The summed E-state index contributed by atoms with van der Waals surface area (Å²) in [6.07, 6.45) is 0.806. The van der Waals surface area contributed by atoms with Crippen LogP contribution in [-0.4, -0.2) is 39.3 Å². The summed E-state index contributed by atoms with van der Waals surface area (Å²) in [5.74, 6) is 0.329. The number of anilines is 1. The van der Waals surface area contributed by atoms with Crippen molar-refractivity contribution in [1.29, 1.82) is 0 Å². The molecule has 7 heteroatoms. The number of nitrogens with one attached hydrogen (secondary N) is 1. The molecule has 0 bridgehead atoms. The summed E-state index contributed by atoms with van der Waals surface area (Å²) in [4.78, 5) is 12.5. The van der Waals surface area contributed by atoms with Crippen molar-refractivity contribution in [3.8, 4) is 5.75 Å². The van der Waals surface area contributed by atoms with Crippen LogP contribution < -0.4 is 10.1 Å². The van der Waals surface area contributed by atoms with Gasteiger partial charge in [-0.05, 0) is 55.2 Å². The smallest absolute Gasteiger partial charge is 0.262 e. The second-order valence-electron chi connectivity index (χ2n) is 6.50. The third-order valence-electron chi connectivity index (χ3n) is 4.41. The van der Waals surface area contributed by atoms with E-state index in [1.807, 2.05) is 45.0 Å². The van der Waals surface area contributed by atoms with Gasteiger partial charge in [-0.25, -0.2) is 12.7 Å². The molecule has 0 heterocycles. The first kappa shape index (κ1) is 20.9. The molecule has 0 aliphatic heterocycles. The van der Waals surface area contributed by atoms with Gasteiger partial charge < -0.3 is 10.1 Å². The van der Waals surface area contributed by atoms with Crippen molar-refractivity contribution in [2.24, 2.45) is 0 Å². The van der Waals surface area contributed by atoms with Crippen LogP contribution in [0.25, 0.3) is 0 Å². The van der Waals surface area contributed by atoms with E-state index < -0.39 is 10.0 Å². The molecule has 27 heavy (non-hydrogen) atoms. The Morgan fingerprint density at radius 1 is 1.15 bits per heavy atom. The molecule has 0 fully saturated rings. The van der Waals surface area contributed by atoms with E-state index in [0.717, 1.165) is 27.4 Å². The molecule has 0 atom stereocenters. The number of aryl methyl sites for hydroxylation is 2. The van der Waals surface area contributed by atoms with Gasteiger partial charge in [-0.15, -0.1) is 0 Å². The fourth-order valence-corrected chi connectivity index (χ4v) is 3.60. The Morgan fingerprint density at radius 3 is 2.44 bits per heavy atom. The molecule has 2 rings (SSSR count). The minimum Gasteiger partial charge on any atom is -0.483 e. The highest BCUT2D eigenvalue weighted by atomic mass is 32.2. The highest BCUT2D eigenvalue weighted by Crippen LogP contribution is 2.25. The van der Waals surface area contributed by atoms with Gasteiger partial charge in [0.15, 0.2) is 6.61 Å². The van der Waals surface area contributed by atoms with Crippen molar-refractivity contribution < 1.29 is 17.9 Å². The van der Waals surface area contributed by atoms with Crippen LogP contribution in [0.5, 0.6) is 5.75 Å². The number of hydrogen-bond donors (Lipinski definition) is 1. The lowest BCUT2D eigenvalue weighted by atomic mass is 10.1. The number of para-hydroxylation sites is 1. The molecule has 0 aromatic heterocycles. The fourth-order valence-electron chi connectivity index (χ4n) is 2.58. The van der Waals surface area contributed by atoms with Gasteiger partial charge in [0.05, 0.1) is 4.90 Å². The van der Waals surface area contributed by atoms with Crippen molar-refractivity contribution in [2.75, 3.05) is 26.0 Å². The van der Waals surface area contributed by atoms with Crippen LogP contribution >= 0.6 is 0 Å². The third kappa shape index (κ3) is 4.87. The van der Waals surface area contributed by atoms with Gasteiger partial charge in [-0.2, -0.15) is 0 Å². The predicted molar refractivity (Wildman–Crippen MR) is 107 cm³/mol. The van der Waals surface area contributed by atoms with Gasteiger partial charge in [-0.3, -0.25) is 4.79 Å². The maximum atomic E-state index is 12.4. The Kier molecular flexibility index (Phi) is 6.62. The quantitative estimate of drug-likeness (QED) is 0.788. The summed E-state index contributed by atoms with van der Waals surface area (Å²) in [5, 5.41) is 2.76. The van der Waals surface area contributed by atoms with Gasteiger partial charge in [-0.1, -0.05) is 25.1 Å². The van der Waals surface area contributed by atoms with Crippen molar-refractivity contribution >= 4 is 21.6 Å². The predicted octanol–water partition coefficient (Wildman–Crippen LogP) is 3.13. The molecular weight excluding hydrogens is 364 g/mol. The van der Waals surface area contributed by atoms with Gasteiger partial charge in [0.2, 0.25) is 10.0 Å². The van der Waals surface area contributed by atoms with Gasteiger partial charge in [0, 0.05) is 19.8 Å². The maximum Gasteiger partial charge on any atom is 0.262 e. The van der Waals surface area contributed by atoms with E-state index >= 15 is 0 Å². The van der Waals surface area contributed by atoms with Crippen molar-refractivity contribution in [3.63, 3.8) is 0 Å². The number of rotatable bonds is 7. The molecule has 1 amide bonds. The lowest BCUT2D eigenvalue weighted by molar-refractivity contribution is -0.118. The number of benzene rings is 2. The molecule has 1 N–H and O–H groups in total. The van der Waals surface area contributed by atoms with E-state index in [-0.39, 0.29) is 17.4 Å². The van der Waals surface area contributed by atoms with Crippen molar-refractivity contribution in [1.82, 2.24) is 4.31 Å². The molecular formula is C20H26N2O4S. The summed E-state index contributed by atoms with van der Waals surface area (Å²) >= 11 is 0.